The molecule has 1 nitrogen and oxygen atoms in total. The predicted molar refractivity (Wildman–Crippen MR) is 79.1 cm³/mol. The van der Waals surface area contributed by atoms with E-state index < -0.39 is 11.7 Å². The Morgan fingerprint density at radius 3 is 2.43 bits per heavy atom. The first-order chi connectivity index (χ1) is 9.87. The summed E-state index contributed by atoms with van der Waals surface area (Å²) < 4.78 is 38.8. The highest BCUT2D eigenvalue weighted by Crippen LogP contribution is 2.46. The van der Waals surface area contributed by atoms with Crippen molar-refractivity contribution in [2.75, 3.05) is 6.54 Å². The van der Waals surface area contributed by atoms with E-state index >= 15 is 0 Å². The van der Waals surface area contributed by atoms with Gasteiger partial charge in [0.1, 0.15) is 0 Å². The van der Waals surface area contributed by atoms with Gasteiger partial charge in [0.2, 0.25) is 0 Å². The Morgan fingerprint density at radius 1 is 1.19 bits per heavy atom. The molecule has 0 heterocycles. The molecule has 21 heavy (non-hydrogen) atoms. The Hall–Kier alpha value is -1.03. The fourth-order valence-corrected chi connectivity index (χ4v) is 3.51. The molecule has 0 saturated heterocycles. The number of nitrogens with one attached hydrogen (secondary N) is 1. The molecule has 1 fully saturated rings. The zero-order chi connectivity index (χ0) is 15.5. The molecule has 1 aliphatic rings. The molecule has 0 bridgehead atoms. The summed E-state index contributed by atoms with van der Waals surface area (Å²) in [6.45, 7) is 4.98. The molecule has 1 atom stereocenters. The molecule has 0 amide bonds. The molecule has 4 heteroatoms. The van der Waals surface area contributed by atoms with Crippen molar-refractivity contribution in [3.8, 4) is 0 Å². The summed E-state index contributed by atoms with van der Waals surface area (Å²) in [4.78, 5) is 0. The van der Waals surface area contributed by atoms with Gasteiger partial charge < -0.3 is 5.32 Å². The van der Waals surface area contributed by atoms with Gasteiger partial charge in [-0.2, -0.15) is 13.2 Å². The molecule has 0 aromatic heterocycles. The van der Waals surface area contributed by atoms with Gasteiger partial charge in [0.15, 0.2) is 0 Å². The highest BCUT2D eigenvalue weighted by atomic mass is 19.4. The first-order valence-electron chi connectivity index (χ1n) is 7.77. The largest absolute Gasteiger partial charge is 0.416 e. The maximum absolute atomic E-state index is 12.9. The molecular weight excluding hydrogens is 275 g/mol. The Balaban J connectivity index is 2.34. The number of alkyl halides is 3. The summed E-state index contributed by atoms with van der Waals surface area (Å²) in [5.41, 5.74) is 0.247. The maximum Gasteiger partial charge on any atom is 0.416 e. The van der Waals surface area contributed by atoms with Crippen LogP contribution in [0.2, 0.25) is 0 Å². The van der Waals surface area contributed by atoms with Crippen molar-refractivity contribution in [3.63, 3.8) is 0 Å². The van der Waals surface area contributed by atoms with Crippen molar-refractivity contribution < 1.29 is 13.2 Å². The Bertz CT molecular complexity index is 461. The van der Waals surface area contributed by atoms with Crippen LogP contribution in [-0.4, -0.2) is 6.54 Å². The molecule has 1 aliphatic carbocycles. The molecule has 1 aromatic rings. The minimum Gasteiger partial charge on any atom is -0.310 e. The fourth-order valence-electron chi connectivity index (χ4n) is 3.51. The molecule has 1 saturated carbocycles. The molecule has 2 rings (SSSR count). The SMILES string of the molecule is CCNC(c1cccc(C(F)(F)F)c1)C1(C)CCCCC1. The highest BCUT2D eigenvalue weighted by molar-refractivity contribution is 5.29. The Kier molecular flexibility index (Phi) is 4.97. The number of hydrogen-bond acceptors (Lipinski definition) is 1. The van der Waals surface area contributed by atoms with Crippen molar-refractivity contribution in [2.45, 2.75) is 58.2 Å². The Labute approximate surface area is 124 Å². The van der Waals surface area contributed by atoms with E-state index in [1.54, 1.807) is 0 Å². The molecule has 1 aromatic carbocycles. The van der Waals surface area contributed by atoms with Gasteiger partial charge in [-0.3, -0.25) is 0 Å². The minimum absolute atomic E-state index is 0.00917. The molecule has 1 N–H and O–H groups in total. The fraction of sp³-hybridized carbons (Fsp3) is 0.647. The lowest BCUT2D eigenvalue weighted by Gasteiger charge is -2.41. The van der Waals surface area contributed by atoms with E-state index in [-0.39, 0.29) is 11.5 Å². The van der Waals surface area contributed by atoms with Gasteiger partial charge in [0.05, 0.1) is 5.56 Å². The normalized spacial score (nSPS) is 20.2. The van der Waals surface area contributed by atoms with Gasteiger partial charge in [-0.05, 0) is 42.5 Å². The van der Waals surface area contributed by atoms with Gasteiger partial charge >= 0.3 is 6.18 Å². The lowest BCUT2D eigenvalue weighted by Crippen LogP contribution is -2.37. The van der Waals surface area contributed by atoms with Gasteiger partial charge in [0, 0.05) is 6.04 Å². The van der Waals surface area contributed by atoms with E-state index in [1.165, 1.54) is 18.6 Å². The summed E-state index contributed by atoms with van der Waals surface area (Å²) in [5.74, 6) is 0. The molecule has 0 spiro atoms. The molecule has 1 unspecified atom stereocenters. The predicted octanol–water partition coefficient (Wildman–Crippen LogP) is 5.33. The van der Waals surface area contributed by atoms with Crippen LogP contribution in [0.3, 0.4) is 0 Å². The van der Waals surface area contributed by atoms with Crippen LogP contribution in [0.4, 0.5) is 13.2 Å². The molecular formula is C17H24F3N. The van der Waals surface area contributed by atoms with Crippen LogP contribution >= 0.6 is 0 Å². The highest BCUT2D eigenvalue weighted by Gasteiger charge is 2.37. The van der Waals surface area contributed by atoms with Crippen LogP contribution in [0.1, 0.15) is 63.1 Å². The number of halogens is 3. The van der Waals surface area contributed by atoms with Crippen LogP contribution in [0, 0.1) is 5.41 Å². The van der Waals surface area contributed by atoms with Crippen LogP contribution in [0.25, 0.3) is 0 Å². The third-order valence-corrected chi connectivity index (χ3v) is 4.65. The zero-order valence-corrected chi connectivity index (χ0v) is 12.8. The summed E-state index contributed by atoms with van der Waals surface area (Å²) in [6, 6.07) is 5.80. The van der Waals surface area contributed by atoms with Crippen molar-refractivity contribution >= 4 is 0 Å². The van der Waals surface area contributed by atoms with E-state index in [1.807, 2.05) is 13.0 Å². The van der Waals surface area contributed by atoms with Crippen LogP contribution < -0.4 is 5.32 Å². The second-order valence-corrected chi connectivity index (χ2v) is 6.33. The summed E-state index contributed by atoms with van der Waals surface area (Å²) in [6.07, 6.45) is 1.42. The van der Waals surface area contributed by atoms with Crippen molar-refractivity contribution in [1.82, 2.24) is 5.32 Å². The molecule has 0 aliphatic heterocycles. The van der Waals surface area contributed by atoms with Crippen molar-refractivity contribution in [1.29, 1.82) is 0 Å². The number of rotatable bonds is 4. The summed E-state index contributed by atoms with van der Waals surface area (Å²) in [5, 5.41) is 3.42. The standard InChI is InChI=1S/C17H24F3N/c1-3-21-15(16(2)10-5-4-6-11-16)13-8-7-9-14(12-13)17(18,19)20/h7-9,12,15,21H,3-6,10-11H2,1-2H3. The first-order valence-corrected chi connectivity index (χ1v) is 7.77. The minimum atomic E-state index is -4.28. The van der Waals surface area contributed by atoms with Gasteiger partial charge in [-0.25, -0.2) is 0 Å². The summed E-state index contributed by atoms with van der Waals surface area (Å²) >= 11 is 0. The van der Waals surface area contributed by atoms with E-state index in [2.05, 4.69) is 12.2 Å². The smallest absolute Gasteiger partial charge is 0.310 e. The third kappa shape index (κ3) is 3.79. The van der Waals surface area contributed by atoms with E-state index in [9.17, 15) is 13.2 Å². The van der Waals surface area contributed by atoms with E-state index in [4.69, 9.17) is 0 Å². The van der Waals surface area contributed by atoms with E-state index in [0.29, 0.717) is 0 Å². The second kappa shape index (κ2) is 6.39. The number of benzene rings is 1. The van der Waals surface area contributed by atoms with Crippen molar-refractivity contribution in [3.05, 3.63) is 35.4 Å². The van der Waals surface area contributed by atoms with E-state index in [0.717, 1.165) is 43.9 Å². The third-order valence-electron chi connectivity index (χ3n) is 4.65. The maximum atomic E-state index is 12.9. The lowest BCUT2D eigenvalue weighted by molar-refractivity contribution is -0.137. The van der Waals surface area contributed by atoms with Crippen molar-refractivity contribution in [2.24, 2.45) is 5.41 Å². The second-order valence-electron chi connectivity index (χ2n) is 6.33. The van der Waals surface area contributed by atoms with Gasteiger partial charge in [-0.15, -0.1) is 0 Å². The van der Waals surface area contributed by atoms with Crippen LogP contribution in [-0.2, 0) is 6.18 Å². The van der Waals surface area contributed by atoms with Crippen LogP contribution in [0.5, 0.6) is 0 Å². The molecule has 0 radical (unpaired) electrons. The van der Waals surface area contributed by atoms with Gasteiger partial charge in [0.25, 0.3) is 0 Å². The molecule has 118 valence electrons. The first kappa shape index (κ1) is 16.3. The van der Waals surface area contributed by atoms with Gasteiger partial charge in [-0.1, -0.05) is 45.2 Å². The average molecular weight is 299 g/mol. The van der Waals surface area contributed by atoms with Crippen LogP contribution in [0.15, 0.2) is 24.3 Å². The number of hydrogen-bond donors (Lipinski definition) is 1. The topological polar surface area (TPSA) is 12.0 Å². The quantitative estimate of drug-likeness (QED) is 0.792. The monoisotopic (exact) mass is 299 g/mol. The lowest BCUT2D eigenvalue weighted by atomic mass is 9.68. The zero-order valence-electron chi connectivity index (χ0n) is 12.8. The average Bonchev–Trinajstić information content (AvgIpc) is 2.44. The Morgan fingerprint density at radius 2 is 1.86 bits per heavy atom. The summed E-state index contributed by atoms with van der Waals surface area (Å²) in [7, 11) is 0.